The van der Waals surface area contributed by atoms with Gasteiger partial charge < -0.3 is 0 Å². The molecule has 1 radical (unpaired) electrons. The molecule has 0 spiro atoms. The molecular weight excluding hydrogens is 494 g/mol. The predicted octanol–water partition coefficient (Wildman–Crippen LogP) is 7.80. The van der Waals surface area contributed by atoms with Gasteiger partial charge in [-0.3, -0.25) is 4.98 Å². The van der Waals surface area contributed by atoms with E-state index >= 15 is 0 Å². The summed E-state index contributed by atoms with van der Waals surface area (Å²) in [5.74, 6) is 0.577. The van der Waals surface area contributed by atoms with Gasteiger partial charge in [0.25, 0.3) is 0 Å². The summed E-state index contributed by atoms with van der Waals surface area (Å²) in [6, 6.07) is 13.1. The van der Waals surface area contributed by atoms with Crippen LogP contribution in [0.3, 0.4) is 0 Å². The van der Waals surface area contributed by atoms with Gasteiger partial charge >= 0.3 is 0 Å². The molecule has 0 fully saturated rings. The first kappa shape index (κ1) is 25.0. The van der Waals surface area contributed by atoms with Crippen LogP contribution < -0.4 is 0 Å². The Labute approximate surface area is 175 Å². The maximum atomic E-state index is 4.52. The minimum Gasteiger partial charge on any atom is -0.256 e. The molecule has 1 nitrogen and oxygen atoms in total. The number of pyridine rings is 1. The van der Waals surface area contributed by atoms with Crippen LogP contribution in [0.5, 0.6) is 0 Å². The third kappa shape index (κ3) is 8.60. The van der Waals surface area contributed by atoms with E-state index in [1.807, 2.05) is 12.3 Å². The first-order valence-electron chi connectivity index (χ1n) is 10.2. The molecule has 0 saturated heterocycles. The largest absolute Gasteiger partial charge is 0.256 e. The zero-order valence-corrected chi connectivity index (χ0v) is 19.7. The number of rotatable bonds is 8. The van der Waals surface area contributed by atoms with Gasteiger partial charge in [-0.1, -0.05) is 84.6 Å². The van der Waals surface area contributed by atoms with Gasteiger partial charge in [0, 0.05) is 31.9 Å². The number of benzene rings is 1. The van der Waals surface area contributed by atoms with Gasteiger partial charge in [0.1, 0.15) is 0 Å². The number of aromatic nitrogens is 1. The van der Waals surface area contributed by atoms with Crippen molar-refractivity contribution in [2.24, 2.45) is 0 Å². The van der Waals surface area contributed by atoms with Gasteiger partial charge in [-0.05, 0) is 48.4 Å². The molecular formula is C24H37IrN. The number of aryl methyl sites for hydroxylation is 1. The smallest absolute Gasteiger partial charge is 0.0704 e. The summed E-state index contributed by atoms with van der Waals surface area (Å²) in [6.45, 7) is 11.2. The van der Waals surface area contributed by atoms with Crippen molar-refractivity contribution in [1.82, 2.24) is 4.98 Å². The molecule has 0 bridgehead atoms. The van der Waals surface area contributed by atoms with Crippen molar-refractivity contribution >= 4 is 0 Å². The Hall–Kier alpha value is -0.981. The Morgan fingerprint density at radius 1 is 0.885 bits per heavy atom. The van der Waals surface area contributed by atoms with Gasteiger partial charge in [-0.2, -0.15) is 0 Å². The molecule has 1 atom stereocenters. The Morgan fingerprint density at radius 3 is 2.08 bits per heavy atom. The van der Waals surface area contributed by atoms with Gasteiger partial charge in [0.15, 0.2) is 0 Å². The minimum atomic E-state index is 0. The fraction of sp³-hybridized carbons (Fsp3) is 0.542. The zero-order chi connectivity index (χ0) is 18.5. The molecule has 0 N–H and O–H groups in total. The Balaban J connectivity index is 0.000000923. The van der Waals surface area contributed by atoms with Crippen LogP contribution >= 0.6 is 0 Å². The molecule has 1 aromatic heterocycles. The summed E-state index contributed by atoms with van der Waals surface area (Å²) in [4.78, 5) is 4.52. The van der Waals surface area contributed by atoms with Crippen molar-refractivity contribution in [3.05, 3.63) is 53.7 Å². The molecule has 0 saturated carbocycles. The van der Waals surface area contributed by atoms with Crippen molar-refractivity contribution in [3.63, 3.8) is 0 Å². The maximum absolute atomic E-state index is 4.52. The summed E-state index contributed by atoms with van der Waals surface area (Å²) < 4.78 is 0. The van der Waals surface area contributed by atoms with Crippen LogP contribution in [0, 0.1) is 0 Å². The van der Waals surface area contributed by atoms with Crippen molar-refractivity contribution < 1.29 is 20.1 Å². The maximum Gasteiger partial charge on any atom is 0.0704 e. The van der Waals surface area contributed by atoms with Crippen molar-refractivity contribution in [2.75, 3.05) is 0 Å². The molecule has 147 valence electrons. The third-order valence-electron chi connectivity index (χ3n) is 4.73. The van der Waals surface area contributed by atoms with Crippen LogP contribution in [0.2, 0.25) is 0 Å². The SMILES string of the molecule is CCCCC.CCCCc1ccc(-c2ccccn2)c(C(C)CC)c1.[Ir]. The fourth-order valence-electron chi connectivity index (χ4n) is 2.89. The monoisotopic (exact) mass is 532 g/mol. The quantitative estimate of drug-likeness (QED) is 0.339. The van der Waals surface area contributed by atoms with Gasteiger partial charge in [-0.25, -0.2) is 0 Å². The van der Waals surface area contributed by atoms with E-state index in [1.54, 1.807) is 0 Å². The van der Waals surface area contributed by atoms with E-state index in [-0.39, 0.29) is 20.1 Å². The van der Waals surface area contributed by atoms with Crippen LogP contribution in [0.4, 0.5) is 0 Å². The Bertz CT molecular complexity index is 578. The summed E-state index contributed by atoms with van der Waals surface area (Å²) >= 11 is 0. The molecule has 0 aliphatic rings. The summed E-state index contributed by atoms with van der Waals surface area (Å²) in [6.07, 6.45) is 10.8. The van der Waals surface area contributed by atoms with Crippen molar-refractivity contribution in [3.8, 4) is 11.3 Å². The van der Waals surface area contributed by atoms with Crippen LogP contribution in [0.15, 0.2) is 42.6 Å². The van der Waals surface area contributed by atoms with Gasteiger partial charge in [-0.15, -0.1) is 0 Å². The second-order valence-corrected chi connectivity index (χ2v) is 6.90. The second-order valence-electron chi connectivity index (χ2n) is 6.90. The van der Waals surface area contributed by atoms with Crippen LogP contribution in [-0.4, -0.2) is 4.98 Å². The van der Waals surface area contributed by atoms with Gasteiger partial charge in [0.05, 0.1) is 5.69 Å². The van der Waals surface area contributed by atoms with E-state index in [9.17, 15) is 0 Å². The second kappa shape index (κ2) is 15.1. The van der Waals surface area contributed by atoms with Crippen LogP contribution in [0.1, 0.15) is 90.2 Å². The van der Waals surface area contributed by atoms with E-state index in [0.717, 1.165) is 12.1 Å². The molecule has 0 aliphatic carbocycles. The zero-order valence-electron chi connectivity index (χ0n) is 17.3. The molecule has 1 heterocycles. The van der Waals surface area contributed by atoms with E-state index in [2.05, 4.69) is 69.9 Å². The topological polar surface area (TPSA) is 12.9 Å². The Morgan fingerprint density at radius 2 is 1.58 bits per heavy atom. The first-order chi connectivity index (χ1) is 12.2. The average molecular weight is 532 g/mol. The molecule has 2 rings (SSSR count). The third-order valence-corrected chi connectivity index (χ3v) is 4.73. The summed E-state index contributed by atoms with van der Waals surface area (Å²) in [7, 11) is 0. The summed E-state index contributed by atoms with van der Waals surface area (Å²) in [5.41, 5.74) is 5.28. The fourth-order valence-corrected chi connectivity index (χ4v) is 2.89. The average Bonchev–Trinajstić information content (AvgIpc) is 2.67. The standard InChI is InChI=1S/C19H25N.C5H12.Ir/c1-4-6-9-16-11-12-17(18(14-16)15(3)5-2)19-10-7-8-13-20-19;1-3-5-4-2;/h7-8,10-15H,4-6,9H2,1-3H3;3-5H2,1-2H3;. The van der Waals surface area contributed by atoms with E-state index in [4.69, 9.17) is 0 Å². The van der Waals surface area contributed by atoms with Crippen molar-refractivity contribution in [2.45, 2.75) is 85.5 Å². The number of nitrogens with zero attached hydrogens (tertiary/aromatic N) is 1. The minimum absolute atomic E-state index is 0. The predicted molar refractivity (Wildman–Crippen MR) is 112 cm³/mol. The number of unbranched alkanes of at least 4 members (excludes halogenated alkanes) is 3. The van der Waals surface area contributed by atoms with E-state index in [0.29, 0.717) is 5.92 Å². The molecule has 0 amide bonds. The van der Waals surface area contributed by atoms with Crippen LogP contribution in [0.25, 0.3) is 11.3 Å². The normalized spacial score (nSPS) is 11.1. The van der Waals surface area contributed by atoms with E-state index in [1.165, 1.54) is 55.2 Å². The molecule has 1 unspecified atom stereocenters. The molecule has 2 aromatic rings. The van der Waals surface area contributed by atoms with Gasteiger partial charge in [0.2, 0.25) is 0 Å². The van der Waals surface area contributed by atoms with Crippen LogP contribution in [-0.2, 0) is 26.5 Å². The summed E-state index contributed by atoms with van der Waals surface area (Å²) in [5, 5.41) is 0. The molecule has 1 aromatic carbocycles. The molecule has 0 aliphatic heterocycles. The van der Waals surface area contributed by atoms with Crippen molar-refractivity contribution in [1.29, 1.82) is 0 Å². The Kier molecular flexibility index (Phi) is 14.5. The number of hydrogen-bond acceptors (Lipinski definition) is 1. The van der Waals surface area contributed by atoms with E-state index < -0.39 is 0 Å². The number of hydrogen-bond donors (Lipinski definition) is 0. The molecule has 26 heavy (non-hydrogen) atoms. The first-order valence-corrected chi connectivity index (χ1v) is 10.2. The molecule has 2 heteroatoms.